The summed E-state index contributed by atoms with van der Waals surface area (Å²) in [6, 6.07) is 8.06. The Morgan fingerprint density at radius 3 is 2.95 bits per heavy atom. The van der Waals surface area contributed by atoms with Gasteiger partial charge in [0, 0.05) is 11.1 Å². The largest absolute Gasteiger partial charge is 0.353 e. The lowest BCUT2D eigenvalue weighted by molar-refractivity contribution is -0.119. The van der Waals surface area contributed by atoms with E-state index >= 15 is 0 Å². The highest BCUT2D eigenvalue weighted by molar-refractivity contribution is 7.99. The van der Waals surface area contributed by atoms with Crippen molar-refractivity contribution >= 4 is 29.3 Å². The third kappa shape index (κ3) is 3.72. The van der Waals surface area contributed by atoms with Gasteiger partial charge in [0.2, 0.25) is 5.91 Å². The number of carbonyl (C=O) groups excluding carboxylic acids is 1. The van der Waals surface area contributed by atoms with E-state index in [4.69, 9.17) is 11.6 Å². The first-order chi connectivity index (χ1) is 10.6. The summed E-state index contributed by atoms with van der Waals surface area (Å²) in [4.78, 5) is 25.2. The molecule has 22 heavy (non-hydrogen) atoms. The lowest BCUT2D eigenvalue weighted by Crippen LogP contribution is -2.44. The second-order valence-electron chi connectivity index (χ2n) is 5.26. The number of thioether (sulfide) groups is 1. The van der Waals surface area contributed by atoms with Gasteiger partial charge in [-0.3, -0.25) is 9.78 Å². The minimum Gasteiger partial charge on any atom is -0.353 e. The van der Waals surface area contributed by atoms with Crippen LogP contribution >= 0.6 is 23.4 Å². The fourth-order valence-electron chi connectivity index (χ4n) is 2.49. The Morgan fingerprint density at radius 2 is 2.27 bits per heavy atom. The molecule has 0 unspecified atom stereocenters. The number of amides is 1. The molecular formula is C14H15ClN4O2S. The first kappa shape index (κ1) is 15.2. The number of halogens is 1. The van der Waals surface area contributed by atoms with Gasteiger partial charge in [-0.15, -0.1) is 5.10 Å². The fraction of sp³-hybridized carbons (Fsp3) is 0.357. The van der Waals surface area contributed by atoms with Gasteiger partial charge in [-0.05, 0) is 36.5 Å². The van der Waals surface area contributed by atoms with E-state index in [-0.39, 0.29) is 23.4 Å². The Hall–Kier alpha value is -1.73. The lowest BCUT2D eigenvalue weighted by atomic mass is 9.76. The molecule has 1 amide bonds. The van der Waals surface area contributed by atoms with Crippen molar-refractivity contribution in [1.29, 1.82) is 0 Å². The Labute approximate surface area is 136 Å². The van der Waals surface area contributed by atoms with E-state index in [0.717, 1.165) is 17.9 Å². The van der Waals surface area contributed by atoms with Crippen molar-refractivity contribution in [3.8, 4) is 0 Å². The van der Waals surface area contributed by atoms with Crippen LogP contribution in [-0.4, -0.2) is 32.9 Å². The summed E-state index contributed by atoms with van der Waals surface area (Å²) < 4.78 is 0. The number of H-pyrrole nitrogens is 2. The Kier molecular flexibility index (Phi) is 4.54. The predicted molar refractivity (Wildman–Crippen MR) is 85.3 cm³/mol. The molecule has 0 spiro atoms. The molecule has 1 saturated carbocycles. The van der Waals surface area contributed by atoms with Crippen LogP contribution in [0.3, 0.4) is 0 Å². The number of aromatic nitrogens is 3. The van der Waals surface area contributed by atoms with Crippen molar-refractivity contribution in [2.75, 3.05) is 5.75 Å². The van der Waals surface area contributed by atoms with Crippen LogP contribution in [0.25, 0.3) is 0 Å². The van der Waals surface area contributed by atoms with Crippen LogP contribution in [0.15, 0.2) is 34.2 Å². The molecule has 3 N–H and O–H groups in total. The third-order valence-electron chi connectivity index (χ3n) is 3.64. The molecule has 0 aliphatic heterocycles. The number of nitrogens with one attached hydrogen (secondary N) is 3. The minimum atomic E-state index is -0.369. The van der Waals surface area contributed by atoms with Crippen molar-refractivity contribution in [3.05, 3.63) is 45.3 Å². The maximum Gasteiger partial charge on any atom is 0.341 e. The summed E-state index contributed by atoms with van der Waals surface area (Å²) in [7, 11) is 0. The molecule has 1 aliphatic carbocycles. The average molecular weight is 339 g/mol. The average Bonchev–Trinajstić information content (AvgIpc) is 2.86. The second-order valence-corrected chi connectivity index (χ2v) is 6.66. The fourth-order valence-corrected chi connectivity index (χ4v) is 3.32. The first-order valence-corrected chi connectivity index (χ1v) is 8.29. The highest BCUT2D eigenvalue weighted by atomic mass is 35.5. The Bertz CT molecular complexity index is 723. The van der Waals surface area contributed by atoms with Crippen LogP contribution < -0.4 is 11.0 Å². The molecule has 1 heterocycles. The first-order valence-electron chi connectivity index (χ1n) is 6.92. The van der Waals surface area contributed by atoms with E-state index < -0.39 is 0 Å². The predicted octanol–water partition coefficient (Wildman–Crippen LogP) is 1.91. The van der Waals surface area contributed by atoms with E-state index in [1.54, 1.807) is 0 Å². The smallest absolute Gasteiger partial charge is 0.341 e. The lowest BCUT2D eigenvalue weighted by Gasteiger charge is -2.36. The molecule has 1 aromatic carbocycles. The molecule has 0 radical (unpaired) electrons. The minimum absolute atomic E-state index is 0.0524. The van der Waals surface area contributed by atoms with Crippen molar-refractivity contribution in [2.45, 2.75) is 30.0 Å². The van der Waals surface area contributed by atoms with Crippen LogP contribution in [-0.2, 0) is 4.79 Å². The van der Waals surface area contributed by atoms with Gasteiger partial charge in [-0.25, -0.2) is 9.89 Å². The Morgan fingerprint density at radius 1 is 1.45 bits per heavy atom. The monoisotopic (exact) mass is 338 g/mol. The van der Waals surface area contributed by atoms with Gasteiger partial charge < -0.3 is 5.32 Å². The molecule has 1 aliphatic rings. The molecule has 0 atom stereocenters. The zero-order valence-corrected chi connectivity index (χ0v) is 13.2. The van der Waals surface area contributed by atoms with Gasteiger partial charge in [0.1, 0.15) is 0 Å². The van der Waals surface area contributed by atoms with E-state index in [0.29, 0.717) is 11.1 Å². The van der Waals surface area contributed by atoms with E-state index in [2.05, 4.69) is 26.6 Å². The van der Waals surface area contributed by atoms with Crippen molar-refractivity contribution in [2.24, 2.45) is 0 Å². The molecule has 3 rings (SSSR count). The normalized spacial score (nSPS) is 20.4. The van der Waals surface area contributed by atoms with Gasteiger partial charge in [0.25, 0.3) is 0 Å². The van der Waals surface area contributed by atoms with Crippen LogP contribution in [0.4, 0.5) is 0 Å². The summed E-state index contributed by atoms with van der Waals surface area (Å²) in [5, 5.41) is 10.1. The summed E-state index contributed by atoms with van der Waals surface area (Å²) in [6.45, 7) is 0. The second kappa shape index (κ2) is 6.58. The number of nitrogens with zero attached hydrogens (tertiary/aromatic N) is 1. The Balaban J connectivity index is 1.42. The number of benzene rings is 1. The number of hydrogen-bond acceptors (Lipinski definition) is 4. The summed E-state index contributed by atoms with van der Waals surface area (Å²) >= 11 is 7.18. The van der Waals surface area contributed by atoms with Crippen LogP contribution in [0.5, 0.6) is 0 Å². The van der Waals surface area contributed by atoms with Crippen LogP contribution in [0.1, 0.15) is 24.3 Å². The molecule has 116 valence electrons. The van der Waals surface area contributed by atoms with Gasteiger partial charge >= 0.3 is 5.69 Å². The van der Waals surface area contributed by atoms with Crippen LogP contribution in [0.2, 0.25) is 5.02 Å². The van der Waals surface area contributed by atoms with E-state index in [1.165, 1.54) is 17.3 Å². The molecule has 1 fully saturated rings. The van der Waals surface area contributed by atoms with E-state index in [1.807, 2.05) is 18.2 Å². The molecule has 2 aromatic rings. The van der Waals surface area contributed by atoms with E-state index in [9.17, 15) is 9.59 Å². The summed E-state index contributed by atoms with van der Waals surface area (Å²) in [5.41, 5.74) is 0.854. The van der Waals surface area contributed by atoms with Crippen molar-refractivity contribution < 1.29 is 4.79 Å². The molecular weight excluding hydrogens is 324 g/mol. The molecule has 6 nitrogen and oxygen atoms in total. The standard InChI is InChI=1S/C14H15ClN4O2S/c15-10-3-1-2-8(4-10)9-5-11(6-9)16-12(20)7-22-14-17-13(21)18-19-14/h1-4,9,11H,5-7H2,(H,16,20)(H2,17,18,19,21). The van der Waals surface area contributed by atoms with Crippen molar-refractivity contribution in [3.63, 3.8) is 0 Å². The number of rotatable bonds is 5. The topological polar surface area (TPSA) is 90.6 Å². The number of aromatic amines is 2. The van der Waals surface area contributed by atoms with Gasteiger partial charge in [0.15, 0.2) is 5.16 Å². The SMILES string of the molecule is O=C(CSc1n[nH]c(=O)[nH]1)NC1CC(c2cccc(Cl)c2)C1. The zero-order valence-electron chi connectivity index (χ0n) is 11.6. The molecule has 8 heteroatoms. The van der Waals surface area contributed by atoms with Crippen LogP contribution in [0, 0.1) is 0 Å². The molecule has 0 saturated heterocycles. The number of carbonyl (C=O) groups is 1. The van der Waals surface area contributed by atoms with Gasteiger partial charge in [-0.1, -0.05) is 35.5 Å². The molecule has 0 bridgehead atoms. The van der Waals surface area contributed by atoms with Gasteiger partial charge in [0.05, 0.1) is 5.75 Å². The summed E-state index contributed by atoms with van der Waals surface area (Å²) in [5.74, 6) is 0.641. The molecule has 1 aromatic heterocycles. The zero-order chi connectivity index (χ0) is 15.5. The highest BCUT2D eigenvalue weighted by Gasteiger charge is 2.31. The summed E-state index contributed by atoms with van der Waals surface area (Å²) in [6.07, 6.45) is 1.85. The third-order valence-corrected chi connectivity index (χ3v) is 4.75. The quantitative estimate of drug-likeness (QED) is 0.726. The van der Waals surface area contributed by atoms with Crippen molar-refractivity contribution in [1.82, 2.24) is 20.5 Å². The maximum absolute atomic E-state index is 11.8. The maximum atomic E-state index is 11.8. The van der Waals surface area contributed by atoms with Gasteiger partial charge in [-0.2, -0.15) is 0 Å². The highest BCUT2D eigenvalue weighted by Crippen LogP contribution is 2.37. The number of hydrogen-bond donors (Lipinski definition) is 3.